The number of rotatable bonds is 2. The predicted molar refractivity (Wildman–Crippen MR) is 58.9 cm³/mol. The van der Waals surface area contributed by atoms with Gasteiger partial charge in [0, 0.05) is 11.8 Å². The first-order valence-corrected chi connectivity index (χ1v) is 5.15. The van der Waals surface area contributed by atoms with Crippen molar-refractivity contribution in [3.05, 3.63) is 23.7 Å². The fourth-order valence-corrected chi connectivity index (χ4v) is 1.39. The number of pyridine rings is 1. The fraction of sp³-hybridized carbons (Fsp3) is 0.200. The van der Waals surface area contributed by atoms with Gasteiger partial charge in [0.05, 0.1) is 0 Å². The normalized spacial score (nSPS) is 11.4. The van der Waals surface area contributed by atoms with Crippen LogP contribution in [0.3, 0.4) is 0 Å². The standard InChI is InChI=1S/C10H7F3N4O3/c1-4-2-5(3-14-6(4)16-9(18)19)7-15-8(20-17-7)10(11,12)13/h2-3H,1H3,(H,14,16)(H,18,19). The van der Waals surface area contributed by atoms with E-state index in [9.17, 15) is 18.0 Å². The number of nitrogens with zero attached hydrogens (tertiary/aromatic N) is 3. The van der Waals surface area contributed by atoms with Crippen LogP contribution in [0.25, 0.3) is 11.4 Å². The summed E-state index contributed by atoms with van der Waals surface area (Å²) in [5, 5.41) is 13.8. The van der Waals surface area contributed by atoms with Crippen LogP contribution in [-0.2, 0) is 6.18 Å². The van der Waals surface area contributed by atoms with Crippen molar-refractivity contribution < 1.29 is 27.6 Å². The molecule has 0 atom stereocenters. The van der Waals surface area contributed by atoms with Crippen LogP contribution in [0.5, 0.6) is 0 Å². The van der Waals surface area contributed by atoms with Gasteiger partial charge in [-0.05, 0) is 18.6 Å². The van der Waals surface area contributed by atoms with Crippen LogP contribution >= 0.6 is 0 Å². The Labute approximate surface area is 109 Å². The molecule has 0 saturated carbocycles. The number of hydrogen-bond donors (Lipinski definition) is 2. The number of halogens is 3. The number of amides is 1. The molecule has 0 saturated heterocycles. The van der Waals surface area contributed by atoms with Crippen molar-refractivity contribution in [3.63, 3.8) is 0 Å². The van der Waals surface area contributed by atoms with Crippen molar-refractivity contribution in [3.8, 4) is 11.4 Å². The summed E-state index contributed by atoms with van der Waals surface area (Å²) in [6.45, 7) is 1.53. The van der Waals surface area contributed by atoms with Crippen molar-refractivity contribution in [1.29, 1.82) is 0 Å². The molecule has 0 unspecified atom stereocenters. The van der Waals surface area contributed by atoms with Crippen LogP contribution in [0.2, 0.25) is 0 Å². The summed E-state index contributed by atoms with van der Waals surface area (Å²) in [6, 6.07) is 1.39. The Kier molecular flexibility index (Phi) is 3.30. The second-order valence-corrected chi connectivity index (χ2v) is 3.74. The monoisotopic (exact) mass is 288 g/mol. The first kappa shape index (κ1) is 13.8. The lowest BCUT2D eigenvalue weighted by Gasteiger charge is -2.04. The molecule has 7 nitrogen and oxygen atoms in total. The summed E-state index contributed by atoms with van der Waals surface area (Å²) in [4.78, 5) is 17.4. The van der Waals surface area contributed by atoms with Crippen LogP contribution in [-0.4, -0.2) is 26.3 Å². The number of anilines is 1. The molecule has 0 aromatic carbocycles. The average Bonchev–Trinajstić information content (AvgIpc) is 2.80. The first-order chi connectivity index (χ1) is 9.27. The summed E-state index contributed by atoms with van der Waals surface area (Å²) in [5.41, 5.74) is 0.584. The molecule has 20 heavy (non-hydrogen) atoms. The Morgan fingerprint density at radius 2 is 2.15 bits per heavy atom. The molecule has 0 aliphatic rings. The molecule has 10 heteroatoms. The smallest absolute Gasteiger partial charge is 0.465 e. The Bertz CT molecular complexity index is 653. The third kappa shape index (κ3) is 2.84. The SMILES string of the molecule is Cc1cc(-c2noc(C(F)(F)F)n2)cnc1NC(=O)O. The Morgan fingerprint density at radius 1 is 1.45 bits per heavy atom. The quantitative estimate of drug-likeness (QED) is 0.880. The molecular formula is C10H7F3N4O3. The van der Waals surface area contributed by atoms with E-state index in [1.165, 1.54) is 13.0 Å². The van der Waals surface area contributed by atoms with Gasteiger partial charge in [-0.2, -0.15) is 18.2 Å². The third-order valence-electron chi connectivity index (χ3n) is 2.23. The van der Waals surface area contributed by atoms with E-state index in [1.54, 1.807) is 0 Å². The lowest BCUT2D eigenvalue weighted by molar-refractivity contribution is -0.159. The van der Waals surface area contributed by atoms with Crippen LogP contribution in [0.4, 0.5) is 23.8 Å². The van der Waals surface area contributed by atoms with Gasteiger partial charge in [0.1, 0.15) is 5.82 Å². The van der Waals surface area contributed by atoms with E-state index in [0.717, 1.165) is 6.20 Å². The number of hydrogen-bond acceptors (Lipinski definition) is 5. The number of alkyl halides is 3. The van der Waals surface area contributed by atoms with Gasteiger partial charge in [-0.1, -0.05) is 5.16 Å². The van der Waals surface area contributed by atoms with E-state index >= 15 is 0 Å². The zero-order valence-corrected chi connectivity index (χ0v) is 9.89. The zero-order chi connectivity index (χ0) is 14.9. The minimum Gasteiger partial charge on any atom is -0.465 e. The van der Waals surface area contributed by atoms with Gasteiger partial charge >= 0.3 is 18.2 Å². The van der Waals surface area contributed by atoms with Crippen LogP contribution < -0.4 is 5.32 Å². The molecule has 1 amide bonds. The van der Waals surface area contributed by atoms with Crippen LogP contribution in [0.1, 0.15) is 11.5 Å². The highest BCUT2D eigenvalue weighted by molar-refractivity contribution is 5.82. The molecule has 2 rings (SSSR count). The van der Waals surface area contributed by atoms with E-state index in [-0.39, 0.29) is 17.2 Å². The highest BCUT2D eigenvalue weighted by atomic mass is 19.4. The summed E-state index contributed by atoms with van der Waals surface area (Å²) in [6.07, 6.45) is -4.88. The van der Waals surface area contributed by atoms with Crippen molar-refractivity contribution in [1.82, 2.24) is 15.1 Å². The third-order valence-corrected chi connectivity index (χ3v) is 2.23. The van der Waals surface area contributed by atoms with Crippen LogP contribution in [0.15, 0.2) is 16.8 Å². The number of aromatic nitrogens is 3. The maximum atomic E-state index is 12.3. The molecule has 0 radical (unpaired) electrons. The Balaban J connectivity index is 2.32. The molecule has 2 heterocycles. The largest absolute Gasteiger partial charge is 0.471 e. The Morgan fingerprint density at radius 3 is 2.65 bits per heavy atom. The minimum atomic E-state index is -4.72. The lowest BCUT2D eigenvalue weighted by atomic mass is 10.2. The second kappa shape index (κ2) is 4.79. The topological polar surface area (TPSA) is 101 Å². The van der Waals surface area contributed by atoms with E-state index in [2.05, 4.69) is 19.6 Å². The van der Waals surface area contributed by atoms with Gasteiger partial charge in [-0.15, -0.1) is 0 Å². The van der Waals surface area contributed by atoms with Gasteiger partial charge in [0.2, 0.25) is 5.82 Å². The Hall–Kier alpha value is -2.65. The van der Waals surface area contributed by atoms with Crippen molar-refractivity contribution in [2.24, 2.45) is 0 Å². The minimum absolute atomic E-state index is 0.0702. The van der Waals surface area contributed by atoms with Gasteiger partial charge < -0.3 is 9.63 Å². The molecule has 106 valence electrons. The fourth-order valence-electron chi connectivity index (χ4n) is 1.39. The summed E-state index contributed by atoms with van der Waals surface area (Å²) in [5.74, 6) is -1.67. The summed E-state index contributed by atoms with van der Waals surface area (Å²) < 4.78 is 41.0. The van der Waals surface area contributed by atoms with E-state index in [1.807, 2.05) is 5.32 Å². The first-order valence-electron chi connectivity index (χ1n) is 5.15. The van der Waals surface area contributed by atoms with Gasteiger partial charge in [-0.25, -0.2) is 9.78 Å². The highest BCUT2D eigenvalue weighted by Crippen LogP contribution is 2.29. The summed E-state index contributed by atoms with van der Waals surface area (Å²) in [7, 11) is 0. The molecule has 0 fully saturated rings. The second-order valence-electron chi connectivity index (χ2n) is 3.74. The van der Waals surface area contributed by atoms with E-state index < -0.39 is 18.2 Å². The molecule has 0 aliphatic heterocycles. The van der Waals surface area contributed by atoms with Crippen molar-refractivity contribution in [2.75, 3.05) is 5.32 Å². The molecule has 2 aromatic heterocycles. The van der Waals surface area contributed by atoms with E-state index in [0.29, 0.717) is 5.56 Å². The van der Waals surface area contributed by atoms with Crippen LogP contribution in [0, 0.1) is 6.92 Å². The molecule has 0 aliphatic carbocycles. The number of nitrogens with one attached hydrogen (secondary N) is 1. The summed E-state index contributed by atoms with van der Waals surface area (Å²) >= 11 is 0. The van der Waals surface area contributed by atoms with Crippen molar-refractivity contribution in [2.45, 2.75) is 13.1 Å². The predicted octanol–water partition coefficient (Wildman–Crippen LogP) is 2.55. The number of carboxylic acid groups (broad SMARTS) is 1. The highest BCUT2D eigenvalue weighted by Gasteiger charge is 2.38. The van der Waals surface area contributed by atoms with Gasteiger partial charge in [0.25, 0.3) is 0 Å². The molecule has 0 bridgehead atoms. The maximum absolute atomic E-state index is 12.3. The van der Waals surface area contributed by atoms with Crippen molar-refractivity contribution >= 4 is 11.9 Å². The zero-order valence-electron chi connectivity index (χ0n) is 9.89. The molecular weight excluding hydrogens is 281 g/mol. The number of carbonyl (C=O) groups is 1. The van der Waals surface area contributed by atoms with Gasteiger partial charge in [-0.3, -0.25) is 5.32 Å². The maximum Gasteiger partial charge on any atom is 0.471 e. The van der Waals surface area contributed by atoms with E-state index in [4.69, 9.17) is 5.11 Å². The number of aryl methyl sites for hydroxylation is 1. The van der Waals surface area contributed by atoms with Gasteiger partial charge in [0.15, 0.2) is 0 Å². The molecule has 2 aromatic rings. The lowest BCUT2D eigenvalue weighted by Crippen LogP contribution is -2.10. The average molecular weight is 288 g/mol. The molecule has 0 spiro atoms. The molecule has 2 N–H and O–H groups in total.